The molecule has 3 aliphatic heterocycles. The Hall–Kier alpha value is -2.48. The van der Waals surface area contributed by atoms with Gasteiger partial charge in [-0.05, 0) is 51.3 Å². The maximum atomic E-state index is 13.6. The molecule has 3 fully saturated rings. The molecule has 0 saturated carbocycles. The van der Waals surface area contributed by atoms with Gasteiger partial charge in [0.15, 0.2) is 5.65 Å². The number of likely N-dealkylation sites (N-methyl/N-ethyl adjacent to an activating group) is 1. The molecule has 5 rings (SSSR count). The van der Waals surface area contributed by atoms with Crippen LogP contribution in [0.3, 0.4) is 0 Å². The minimum atomic E-state index is 0.0370. The number of hydrogen-bond donors (Lipinski definition) is 0. The van der Waals surface area contributed by atoms with Crippen LogP contribution in [-0.2, 0) is 11.8 Å². The summed E-state index contributed by atoms with van der Waals surface area (Å²) in [6.07, 6.45) is 7.18. The van der Waals surface area contributed by atoms with Crippen molar-refractivity contribution in [3.63, 3.8) is 0 Å². The van der Waals surface area contributed by atoms with Crippen LogP contribution < -0.4 is 0 Å². The quantitative estimate of drug-likeness (QED) is 0.764. The van der Waals surface area contributed by atoms with Gasteiger partial charge in [0.05, 0.1) is 11.9 Å². The van der Waals surface area contributed by atoms with E-state index in [2.05, 4.69) is 33.9 Å². The Kier molecular flexibility index (Phi) is 4.76. The first kappa shape index (κ1) is 19.5. The largest absolute Gasteiger partial charge is 0.338 e. The standard InChI is InChI=1S/C22H30N6O2/c1-25(2)12-18-15-9-14(17-5-4-6-19(29)28(17)18)10-27(11-15)22(30)16-7-8-23-21-20(16)24-13-26(21)3/h7-8,13-15,17-18H,4-6,9-12H2,1-3H3/t14-,15+,17+,18+/m1/s1. The lowest BCUT2D eigenvalue weighted by molar-refractivity contribution is -0.152. The molecule has 8 nitrogen and oxygen atoms in total. The van der Waals surface area contributed by atoms with Gasteiger partial charge in [-0.15, -0.1) is 0 Å². The summed E-state index contributed by atoms with van der Waals surface area (Å²) in [5.41, 5.74) is 2.02. The van der Waals surface area contributed by atoms with Crippen molar-refractivity contribution < 1.29 is 9.59 Å². The molecule has 2 aromatic rings. The van der Waals surface area contributed by atoms with Crippen molar-refractivity contribution in [1.82, 2.24) is 29.2 Å². The number of likely N-dealkylation sites (tertiary alicyclic amines) is 1. The molecule has 2 aromatic heterocycles. The average molecular weight is 411 g/mol. The Labute approximate surface area is 176 Å². The van der Waals surface area contributed by atoms with Crippen LogP contribution in [0.1, 0.15) is 36.0 Å². The SMILES string of the molecule is CN(C)C[C@H]1[C@H]2C[C@H](CN(C(=O)c3ccnc4c3ncn4C)C2)[C@@H]2CCCC(=O)N21. The van der Waals surface area contributed by atoms with Crippen LogP contribution in [0.2, 0.25) is 0 Å². The van der Waals surface area contributed by atoms with E-state index in [-0.39, 0.29) is 18.0 Å². The van der Waals surface area contributed by atoms with Gasteiger partial charge in [0.1, 0.15) is 5.52 Å². The number of carbonyl (C=O) groups excluding carboxylic acids is 2. The van der Waals surface area contributed by atoms with Gasteiger partial charge in [0, 0.05) is 51.4 Å². The third kappa shape index (κ3) is 3.09. The minimum absolute atomic E-state index is 0.0370. The highest BCUT2D eigenvalue weighted by Crippen LogP contribution is 2.42. The second-order valence-electron chi connectivity index (χ2n) is 9.44. The lowest BCUT2D eigenvalue weighted by Crippen LogP contribution is -2.67. The van der Waals surface area contributed by atoms with Gasteiger partial charge in [-0.25, -0.2) is 9.97 Å². The number of amides is 2. The third-order valence-corrected chi connectivity index (χ3v) is 7.17. The van der Waals surface area contributed by atoms with E-state index < -0.39 is 0 Å². The molecule has 160 valence electrons. The Morgan fingerprint density at radius 3 is 2.83 bits per heavy atom. The van der Waals surface area contributed by atoms with Crippen LogP contribution in [0.5, 0.6) is 0 Å². The Bertz CT molecular complexity index is 985. The maximum Gasteiger partial charge on any atom is 0.256 e. The average Bonchev–Trinajstić information content (AvgIpc) is 3.11. The number of hydrogen-bond acceptors (Lipinski definition) is 5. The molecule has 0 aliphatic carbocycles. The van der Waals surface area contributed by atoms with Crippen molar-refractivity contribution in [2.24, 2.45) is 18.9 Å². The molecule has 0 spiro atoms. The molecule has 2 bridgehead atoms. The number of nitrogens with zero attached hydrogens (tertiary/aromatic N) is 6. The molecule has 0 aromatic carbocycles. The van der Waals surface area contributed by atoms with Crippen molar-refractivity contribution in [1.29, 1.82) is 0 Å². The molecule has 2 amide bonds. The van der Waals surface area contributed by atoms with E-state index >= 15 is 0 Å². The number of piperidine rings is 3. The maximum absolute atomic E-state index is 13.6. The van der Waals surface area contributed by atoms with Crippen molar-refractivity contribution in [2.75, 3.05) is 33.7 Å². The highest BCUT2D eigenvalue weighted by atomic mass is 16.2. The Morgan fingerprint density at radius 2 is 2.03 bits per heavy atom. The monoisotopic (exact) mass is 410 g/mol. The fourth-order valence-corrected chi connectivity index (χ4v) is 5.92. The van der Waals surface area contributed by atoms with E-state index in [0.717, 1.165) is 38.0 Å². The van der Waals surface area contributed by atoms with E-state index in [1.54, 1.807) is 18.6 Å². The molecule has 8 heteroatoms. The molecule has 3 aliphatic rings. The molecule has 0 N–H and O–H groups in total. The summed E-state index contributed by atoms with van der Waals surface area (Å²) in [5.74, 6) is 1.01. The number of rotatable bonds is 3. The fourth-order valence-electron chi connectivity index (χ4n) is 5.92. The summed E-state index contributed by atoms with van der Waals surface area (Å²) >= 11 is 0. The van der Waals surface area contributed by atoms with Crippen molar-refractivity contribution in [3.8, 4) is 0 Å². The number of pyridine rings is 1. The third-order valence-electron chi connectivity index (χ3n) is 7.17. The molecule has 4 atom stereocenters. The number of carbonyl (C=O) groups is 2. The van der Waals surface area contributed by atoms with Crippen LogP contribution in [0.25, 0.3) is 11.2 Å². The van der Waals surface area contributed by atoms with Gasteiger partial charge < -0.3 is 19.3 Å². The van der Waals surface area contributed by atoms with Crippen LogP contribution in [0.4, 0.5) is 0 Å². The first-order valence-electron chi connectivity index (χ1n) is 10.9. The van der Waals surface area contributed by atoms with E-state index in [0.29, 0.717) is 41.8 Å². The molecular weight excluding hydrogens is 380 g/mol. The second-order valence-corrected chi connectivity index (χ2v) is 9.44. The highest BCUT2D eigenvalue weighted by Gasteiger charge is 2.50. The minimum Gasteiger partial charge on any atom is -0.338 e. The smallest absolute Gasteiger partial charge is 0.256 e. The summed E-state index contributed by atoms with van der Waals surface area (Å²) in [6, 6.07) is 2.22. The van der Waals surface area contributed by atoms with Crippen molar-refractivity contribution >= 4 is 23.0 Å². The summed E-state index contributed by atoms with van der Waals surface area (Å²) in [4.78, 5) is 41.6. The number of aromatic nitrogens is 3. The summed E-state index contributed by atoms with van der Waals surface area (Å²) in [5, 5.41) is 0. The molecule has 5 heterocycles. The number of imidazole rings is 1. The number of aryl methyl sites for hydroxylation is 1. The van der Waals surface area contributed by atoms with Crippen molar-refractivity contribution in [3.05, 3.63) is 24.2 Å². The second kappa shape index (κ2) is 7.34. The molecule has 0 unspecified atom stereocenters. The first-order chi connectivity index (χ1) is 14.4. The van der Waals surface area contributed by atoms with Crippen LogP contribution in [0, 0.1) is 11.8 Å². The summed E-state index contributed by atoms with van der Waals surface area (Å²) in [7, 11) is 6.02. The van der Waals surface area contributed by atoms with Gasteiger partial charge in [-0.3, -0.25) is 9.59 Å². The first-order valence-corrected chi connectivity index (χ1v) is 10.9. The van der Waals surface area contributed by atoms with Gasteiger partial charge in [0.2, 0.25) is 5.91 Å². The number of fused-ring (bicyclic) bond motifs is 5. The van der Waals surface area contributed by atoms with Gasteiger partial charge >= 0.3 is 0 Å². The van der Waals surface area contributed by atoms with Crippen molar-refractivity contribution in [2.45, 2.75) is 37.8 Å². The van der Waals surface area contributed by atoms with Gasteiger partial charge in [-0.1, -0.05) is 0 Å². The highest BCUT2D eigenvalue weighted by molar-refractivity contribution is 6.04. The van der Waals surface area contributed by atoms with E-state index in [9.17, 15) is 9.59 Å². The lowest BCUT2D eigenvalue weighted by atomic mass is 9.72. The Balaban J connectivity index is 1.46. The van der Waals surface area contributed by atoms with Crippen LogP contribution in [0.15, 0.2) is 18.6 Å². The lowest BCUT2D eigenvalue weighted by Gasteiger charge is -2.57. The van der Waals surface area contributed by atoms with Crippen LogP contribution in [-0.4, -0.2) is 86.9 Å². The fraction of sp³-hybridized carbons (Fsp3) is 0.636. The molecule has 3 saturated heterocycles. The normalized spacial score (nSPS) is 28.9. The Morgan fingerprint density at radius 1 is 1.23 bits per heavy atom. The zero-order valence-corrected chi connectivity index (χ0v) is 18.0. The van der Waals surface area contributed by atoms with Gasteiger partial charge in [-0.2, -0.15) is 0 Å². The van der Waals surface area contributed by atoms with E-state index in [1.807, 2.05) is 16.5 Å². The van der Waals surface area contributed by atoms with Gasteiger partial charge in [0.25, 0.3) is 5.91 Å². The zero-order chi connectivity index (χ0) is 21.0. The summed E-state index contributed by atoms with van der Waals surface area (Å²) in [6.45, 7) is 2.26. The molecule has 30 heavy (non-hydrogen) atoms. The van der Waals surface area contributed by atoms with E-state index in [1.165, 1.54) is 0 Å². The predicted molar refractivity (Wildman–Crippen MR) is 113 cm³/mol. The predicted octanol–water partition coefficient (Wildman–Crippen LogP) is 1.37. The molecule has 0 radical (unpaired) electrons. The van der Waals surface area contributed by atoms with Crippen LogP contribution >= 0.6 is 0 Å². The summed E-state index contributed by atoms with van der Waals surface area (Å²) < 4.78 is 1.84. The van der Waals surface area contributed by atoms with E-state index in [4.69, 9.17) is 0 Å². The molecular formula is C22H30N6O2. The zero-order valence-electron chi connectivity index (χ0n) is 18.0. The topological polar surface area (TPSA) is 74.6 Å².